The van der Waals surface area contributed by atoms with Crippen LogP contribution in [0.2, 0.25) is 36.3 Å². The summed E-state index contributed by atoms with van der Waals surface area (Å²) in [6.45, 7) is 29.4. The SMILES string of the molecule is CC#CC[C@H](C)[C@@H](/C=C/[C@@H]1[C@H]2C/C(=C/COC(C)=O)C[C@H]2C[C@H]1O[Si](C)(C)C(C)(C)C)O[Si](C)(C)C(C)(C)C. The molecular formula is C33H58O4Si2. The summed E-state index contributed by atoms with van der Waals surface area (Å²) < 4.78 is 19.3. The zero-order chi connectivity index (χ0) is 29.8. The van der Waals surface area contributed by atoms with Crippen LogP contribution in [0.25, 0.3) is 0 Å². The molecule has 0 saturated heterocycles. The molecule has 0 N–H and O–H groups in total. The Labute approximate surface area is 243 Å². The van der Waals surface area contributed by atoms with Crippen LogP contribution in [-0.4, -0.2) is 41.4 Å². The molecule has 0 aromatic rings. The van der Waals surface area contributed by atoms with Crippen LogP contribution in [-0.2, 0) is 18.4 Å². The van der Waals surface area contributed by atoms with Crippen molar-refractivity contribution < 1.29 is 18.4 Å². The van der Waals surface area contributed by atoms with Gasteiger partial charge in [0, 0.05) is 19.3 Å². The monoisotopic (exact) mass is 574 g/mol. The highest BCUT2D eigenvalue weighted by Gasteiger charge is 2.50. The summed E-state index contributed by atoms with van der Waals surface area (Å²) in [6, 6.07) is 0. The zero-order valence-corrected chi connectivity index (χ0v) is 29.4. The van der Waals surface area contributed by atoms with Crippen molar-refractivity contribution in [2.45, 2.75) is 136 Å². The van der Waals surface area contributed by atoms with E-state index in [0.29, 0.717) is 30.3 Å². The van der Waals surface area contributed by atoms with Gasteiger partial charge in [-0.15, -0.1) is 11.8 Å². The van der Waals surface area contributed by atoms with E-state index in [1.54, 1.807) is 0 Å². The van der Waals surface area contributed by atoms with E-state index in [1.165, 1.54) is 12.5 Å². The average molecular weight is 575 g/mol. The molecule has 2 aliphatic rings. The largest absolute Gasteiger partial charge is 0.462 e. The summed E-state index contributed by atoms with van der Waals surface area (Å²) >= 11 is 0. The summed E-state index contributed by atoms with van der Waals surface area (Å²) in [5.74, 6) is 8.00. The first-order valence-electron chi connectivity index (χ1n) is 15.0. The van der Waals surface area contributed by atoms with Crippen molar-refractivity contribution >= 4 is 22.6 Å². The molecule has 2 rings (SSSR count). The van der Waals surface area contributed by atoms with E-state index in [-0.39, 0.29) is 28.3 Å². The van der Waals surface area contributed by atoms with E-state index in [2.05, 4.69) is 105 Å². The van der Waals surface area contributed by atoms with Crippen molar-refractivity contribution in [3.63, 3.8) is 0 Å². The quantitative estimate of drug-likeness (QED) is 0.113. The van der Waals surface area contributed by atoms with Crippen molar-refractivity contribution in [1.82, 2.24) is 0 Å². The highest BCUT2D eigenvalue weighted by Crippen LogP contribution is 2.53. The first-order valence-corrected chi connectivity index (χ1v) is 20.9. The lowest BCUT2D eigenvalue weighted by atomic mass is 9.89. The molecule has 222 valence electrons. The van der Waals surface area contributed by atoms with Crippen LogP contribution in [0.15, 0.2) is 23.8 Å². The Kier molecular flexibility index (Phi) is 11.6. The van der Waals surface area contributed by atoms with Gasteiger partial charge in [0.25, 0.3) is 0 Å². The molecule has 0 unspecified atom stereocenters. The van der Waals surface area contributed by atoms with Crippen LogP contribution in [0.4, 0.5) is 0 Å². The molecule has 0 aromatic heterocycles. The van der Waals surface area contributed by atoms with E-state index in [1.807, 2.05) is 6.92 Å². The summed E-state index contributed by atoms with van der Waals surface area (Å²) in [4.78, 5) is 11.3. The van der Waals surface area contributed by atoms with Gasteiger partial charge in [0.1, 0.15) is 6.61 Å². The number of carbonyl (C=O) groups is 1. The molecule has 6 atom stereocenters. The Morgan fingerprint density at radius 3 is 2.21 bits per heavy atom. The summed E-state index contributed by atoms with van der Waals surface area (Å²) in [5.41, 5.74) is 1.43. The Morgan fingerprint density at radius 2 is 1.67 bits per heavy atom. The summed E-state index contributed by atoms with van der Waals surface area (Å²) in [7, 11) is -3.88. The van der Waals surface area contributed by atoms with Crippen molar-refractivity contribution in [2.75, 3.05) is 6.61 Å². The number of esters is 1. The van der Waals surface area contributed by atoms with Gasteiger partial charge in [-0.1, -0.05) is 66.2 Å². The van der Waals surface area contributed by atoms with Gasteiger partial charge in [0.15, 0.2) is 16.6 Å². The second-order valence-electron chi connectivity index (χ2n) is 15.1. The smallest absolute Gasteiger partial charge is 0.302 e. The fraction of sp³-hybridized carbons (Fsp3) is 0.788. The molecule has 0 bridgehead atoms. The third-order valence-corrected chi connectivity index (χ3v) is 18.9. The minimum Gasteiger partial charge on any atom is -0.462 e. The van der Waals surface area contributed by atoms with Gasteiger partial charge in [-0.25, -0.2) is 0 Å². The Morgan fingerprint density at radius 1 is 1.05 bits per heavy atom. The first-order chi connectivity index (χ1) is 17.8. The fourth-order valence-electron chi connectivity index (χ4n) is 5.35. The molecule has 2 fully saturated rings. The zero-order valence-electron chi connectivity index (χ0n) is 27.4. The van der Waals surface area contributed by atoms with Crippen molar-refractivity contribution in [3.05, 3.63) is 23.8 Å². The van der Waals surface area contributed by atoms with Crippen LogP contribution in [0, 0.1) is 35.5 Å². The normalized spacial score (nSPS) is 26.8. The molecule has 0 amide bonds. The van der Waals surface area contributed by atoms with Crippen molar-refractivity contribution in [1.29, 1.82) is 0 Å². The van der Waals surface area contributed by atoms with E-state index in [9.17, 15) is 4.79 Å². The number of carbonyl (C=O) groups excluding carboxylic acids is 1. The number of rotatable bonds is 10. The molecule has 2 saturated carbocycles. The van der Waals surface area contributed by atoms with Crippen LogP contribution in [0.1, 0.15) is 88.0 Å². The van der Waals surface area contributed by atoms with Crippen LogP contribution in [0.3, 0.4) is 0 Å². The average Bonchev–Trinajstić information content (AvgIpc) is 3.29. The lowest BCUT2D eigenvalue weighted by Gasteiger charge is -2.41. The lowest BCUT2D eigenvalue weighted by Crippen LogP contribution is -2.45. The molecule has 0 radical (unpaired) electrons. The molecule has 6 heteroatoms. The van der Waals surface area contributed by atoms with Gasteiger partial charge in [0.2, 0.25) is 0 Å². The maximum atomic E-state index is 11.3. The van der Waals surface area contributed by atoms with Crippen LogP contribution in [0.5, 0.6) is 0 Å². The van der Waals surface area contributed by atoms with E-state index in [4.69, 9.17) is 13.6 Å². The predicted octanol–water partition coefficient (Wildman–Crippen LogP) is 8.91. The van der Waals surface area contributed by atoms with Gasteiger partial charge in [-0.2, -0.15) is 0 Å². The van der Waals surface area contributed by atoms with Gasteiger partial charge >= 0.3 is 5.97 Å². The molecule has 0 heterocycles. The van der Waals surface area contributed by atoms with Crippen molar-refractivity contribution in [3.8, 4) is 11.8 Å². The number of hydrogen-bond acceptors (Lipinski definition) is 4. The van der Waals surface area contributed by atoms with E-state index < -0.39 is 16.6 Å². The van der Waals surface area contributed by atoms with E-state index in [0.717, 1.165) is 25.7 Å². The van der Waals surface area contributed by atoms with E-state index >= 15 is 0 Å². The number of hydrogen-bond donors (Lipinski definition) is 0. The highest BCUT2D eigenvalue weighted by atomic mass is 28.4. The van der Waals surface area contributed by atoms with Gasteiger partial charge < -0.3 is 13.6 Å². The minimum atomic E-state index is -1.96. The molecule has 4 nitrogen and oxygen atoms in total. The Bertz CT molecular complexity index is 955. The second kappa shape index (κ2) is 13.2. The minimum absolute atomic E-state index is 0.0414. The standard InChI is InChI=1S/C33H58O4Si2/c1-14-15-16-24(2)30(36-38(10,11)32(4,5)6)18-17-28-29-22-26(19-20-35-25(3)34)21-27(29)23-31(28)37-39(12,13)33(7,8)9/h17-19,24,27-31H,16,20-23H2,1-13H3/b18-17+,26-19+/t24-,27-,28+,29-,30+,31+/m0/s1. The molecule has 0 aromatic carbocycles. The molecule has 0 aliphatic heterocycles. The Balaban J connectivity index is 2.38. The van der Waals surface area contributed by atoms with Gasteiger partial charge in [0.05, 0.1) is 12.2 Å². The van der Waals surface area contributed by atoms with Crippen molar-refractivity contribution in [2.24, 2.45) is 23.7 Å². The number of fused-ring (bicyclic) bond motifs is 1. The maximum absolute atomic E-state index is 11.3. The summed E-state index contributed by atoms with van der Waals surface area (Å²) in [5, 5.41) is 0.324. The molecular weight excluding hydrogens is 517 g/mol. The molecule has 2 aliphatic carbocycles. The van der Waals surface area contributed by atoms with Crippen LogP contribution >= 0.6 is 0 Å². The molecule has 0 spiro atoms. The van der Waals surface area contributed by atoms with Gasteiger partial charge in [-0.05, 0) is 86.3 Å². The van der Waals surface area contributed by atoms with Crippen LogP contribution < -0.4 is 0 Å². The second-order valence-corrected chi connectivity index (χ2v) is 24.6. The number of ether oxygens (including phenoxy) is 1. The topological polar surface area (TPSA) is 44.8 Å². The predicted molar refractivity (Wildman–Crippen MR) is 170 cm³/mol. The fourth-order valence-corrected chi connectivity index (χ4v) is 8.06. The maximum Gasteiger partial charge on any atom is 0.302 e. The third kappa shape index (κ3) is 9.18. The van der Waals surface area contributed by atoms with Gasteiger partial charge in [-0.3, -0.25) is 4.79 Å². The molecule has 39 heavy (non-hydrogen) atoms. The lowest BCUT2D eigenvalue weighted by molar-refractivity contribution is -0.139. The highest BCUT2D eigenvalue weighted by molar-refractivity contribution is 6.74. The third-order valence-electron chi connectivity index (χ3n) is 9.92. The Hall–Kier alpha value is -1.14. The first kappa shape index (κ1) is 34.1. The summed E-state index contributed by atoms with van der Waals surface area (Å²) in [6.07, 6.45) is 11.3. The number of allylic oxidation sites excluding steroid dienone is 1.